The molecule has 2 aromatic rings. The molecule has 0 radical (unpaired) electrons. The summed E-state index contributed by atoms with van der Waals surface area (Å²) >= 11 is 1.67. The van der Waals surface area contributed by atoms with Gasteiger partial charge in [0.05, 0.1) is 18.4 Å². The van der Waals surface area contributed by atoms with Crippen LogP contribution in [0.25, 0.3) is 0 Å². The highest BCUT2D eigenvalue weighted by atomic mass is 32.1. The van der Waals surface area contributed by atoms with Crippen LogP contribution in [0.3, 0.4) is 0 Å². The average molecular weight is 387 g/mol. The van der Waals surface area contributed by atoms with Gasteiger partial charge < -0.3 is 15.0 Å². The van der Waals surface area contributed by atoms with Gasteiger partial charge in [-0.25, -0.2) is 0 Å². The zero-order valence-corrected chi connectivity index (χ0v) is 16.9. The van der Waals surface area contributed by atoms with Crippen LogP contribution in [0.4, 0.5) is 5.69 Å². The summed E-state index contributed by atoms with van der Waals surface area (Å²) in [5.74, 6) is 0.987. The van der Waals surface area contributed by atoms with Crippen molar-refractivity contribution in [2.45, 2.75) is 33.1 Å². The molecule has 27 heavy (non-hydrogen) atoms. The lowest BCUT2D eigenvalue weighted by Gasteiger charge is -2.23. The van der Waals surface area contributed by atoms with Gasteiger partial charge in [-0.15, -0.1) is 11.3 Å². The topological polar surface area (TPSA) is 58.6 Å². The second-order valence-corrected chi connectivity index (χ2v) is 7.93. The van der Waals surface area contributed by atoms with Crippen LogP contribution in [-0.2, 0) is 17.6 Å². The predicted molar refractivity (Wildman–Crippen MR) is 109 cm³/mol. The van der Waals surface area contributed by atoms with E-state index in [1.807, 2.05) is 24.4 Å². The second-order valence-electron chi connectivity index (χ2n) is 6.97. The standard InChI is InChI=1S/C21H26N2O3S/c1-4-23(12-20(24)22-17-7-5-6-8-18(17)26-3)21(25)16-13-27-19-11-14(2)9-10-15(16)19/h5-8,13-14H,4,9-12H2,1-3H3,(H,22,24). The van der Waals surface area contributed by atoms with E-state index in [-0.39, 0.29) is 18.4 Å². The Morgan fingerprint density at radius 3 is 2.85 bits per heavy atom. The highest BCUT2D eigenvalue weighted by molar-refractivity contribution is 7.10. The number of nitrogens with zero attached hydrogens (tertiary/aromatic N) is 1. The number of para-hydroxylation sites is 2. The highest BCUT2D eigenvalue weighted by Gasteiger charge is 2.26. The third kappa shape index (κ3) is 4.33. The summed E-state index contributed by atoms with van der Waals surface area (Å²) in [6, 6.07) is 7.25. The van der Waals surface area contributed by atoms with Crippen molar-refractivity contribution in [3.05, 3.63) is 45.6 Å². The lowest BCUT2D eigenvalue weighted by Crippen LogP contribution is -2.38. The number of carbonyl (C=O) groups excluding carboxylic acids is 2. The fourth-order valence-corrected chi connectivity index (χ4v) is 4.70. The molecule has 0 spiro atoms. The van der Waals surface area contributed by atoms with Crippen molar-refractivity contribution >= 4 is 28.8 Å². The molecule has 0 saturated heterocycles. The van der Waals surface area contributed by atoms with Gasteiger partial charge in [0.15, 0.2) is 0 Å². The van der Waals surface area contributed by atoms with Crippen molar-refractivity contribution in [1.29, 1.82) is 0 Å². The van der Waals surface area contributed by atoms with Crippen LogP contribution >= 0.6 is 11.3 Å². The van der Waals surface area contributed by atoms with Crippen molar-refractivity contribution in [2.75, 3.05) is 25.5 Å². The Labute approximate surface area is 164 Å². The first-order valence-electron chi connectivity index (χ1n) is 9.34. The van der Waals surface area contributed by atoms with Crippen LogP contribution in [-0.4, -0.2) is 36.9 Å². The Bertz CT molecular complexity index is 831. The van der Waals surface area contributed by atoms with Crippen LogP contribution in [0.5, 0.6) is 5.75 Å². The maximum atomic E-state index is 13.0. The predicted octanol–water partition coefficient (Wildman–Crippen LogP) is 3.98. The number of hydrogen-bond donors (Lipinski definition) is 1. The van der Waals surface area contributed by atoms with Crippen LogP contribution in [0.1, 0.15) is 41.1 Å². The van der Waals surface area contributed by atoms with E-state index in [9.17, 15) is 9.59 Å². The van der Waals surface area contributed by atoms with Crippen molar-refractivity contribution in [3.63, 3.8) is 0 Å². The van der Waals surface area contributed by atoms with E-state index >= 15 is 0 Å². The summed E-state index contributed by atoms with van der Waals surface area (Å²) in [4.78, 5) is 28.5. The van der Waals surface area contributed by atoms with E-state index in [0.717, 1.165) is 24.8 Å². The zero-order chi connectivity index (χ0) is 19.4. The number of nitrogens with one attached hydrogen (secondary N) is 1. The molecular weight excluding hydrogens is 360 g/mol. The fraction of sp³-hybridized carbons (Fsp3) is 0.429. The summed E-state index contributed by atoms with van der Waals surface area (Å²) in [7, 11) is 1.56. The van der Waals surface area contributed by atoms with Gasteiger partial charge in [-0.1, -0.05) is 19.1 Å². The molecule has 2 amide bonds. The minimum absolute atomic E-state index is 0.0222. The number of ether oxygens (including phenoxy) is 1. The van der Waals surface area contributed by atoms with Crippen molar-refractivity contribution < 1.29 is 14.3 Å². The van der Waals surface area contributed by atoms with E-state index < -0.39 is 0 Å². The zero-order valence-electron chi connectivity index (χ0n) is 16.1. The molecule has 0 bridgehead atoms. The average Bonchev–Trinajstić information content (AvgIpc) is 3.08. The molecule has 144 valence electrons. The number of rotatable bonds is 6. The molecule has 1 heterocycles. The summed E-state index contributed by atoms with van der Waals surface area (Å²) in [6.07, 6.45) is 3.12. The van der Waals surface area contributed by atoms with E-state index in [1.54, 1.807) is 35.5 Å². The molecule has 0 saturated carbocycles. The van der Waals surface area contributed by atoms with E-state index in [1.165, 1.54) is 10.4 Å². The second kappa shape index (κ2) is 8.57. The molecule has 1 unspecified atom stereocenters. The number of thiophene rings is 1. The largest absolute Gasteiger partial charge is 0.495 e. The van der Waals surface area contributed by atoms with Crippen molar-refractivity contribution in [3.8, 4) is 5.75 Å². The monoisotopic (exact) mass is 386 g/mol. The molecule has 1 aromatic heterocycles. The Kier molecular flexibility index (Phi) is 6.16. The molecule has 0 aliphatic heterocycles. The first kappa shape index (κ1) is 19.4. The number of fused-ring (bicyclic) bond motifs is 1. The molecule has 1 aliphatic carbocycles. The summed E-state index contributed by atoms with van der Waals surface area (Å²) in [6.45, 7) is 4.66. The quantitative estimate of drug-likeness (QED) is 0.817. The van der Waals surface area contributed by atoms with Crippen LogP contribution in [0.15, 0.2) is 29.6 Å². The van der Waals surface area contributed by atoms with Gasteiger partial charge in [-0.3, -0.25) is 9.59 Å². The van der Waals surface area contributed by atoms with Crippen molar-refractivity contribution in [2.24, 2.45) is 5.92 Å². The maximum absolute atomic E-state index is 13.0. The Hall–Kier alpha value is -2.34. The molecule has 1 aromatic carbocycles. The SMILES string of the molecule is CCN(CC(=O)Nc1ccccc1OC)C(=O)c1csc2c1CCC(C)C2. The summed E-state index contributed by atoms with van der Waals surface area (Å²) in [5, 5.41) is 4.80. The molecule has 1 aliphatic rings. The van der Waals surface area contributed by atoms with Crippen LogP contribution < -0.4 is 10.1 Å². The Morgan fingerprint density at radius 1 is 1.33 bits per heavy atom. The number of likely N-dealkylation sites (N-methyl/N-ethyl adjacent to an activating group) is 1. The highest BCUT2D eigenvalue weighted by Crippen LogP contribution is 2.33. The van der Waals surface area contributed by atoms with Gasteiger partial charge in [0.1, 0.15) is 12.3 Å². The normalized spacial score (nSPS) is 15.7. The molecule has 1 atom stereocenters. The third-order valence-electron chi connectivity index (χ3n) is 5.02. The minimum Gasteiger partial charge on any atom is -0.495 e. The van der Waals surface area contributed by atoms with Crippen molar-refractivity contribution in [1.82, 2.24) is 4.90 Å². The Balaban J connectivity index is 1.70. The first-order chi connectivity index (χ1) is 13.0. The van der Waals surface area contributed by atoms with Gasteiger partial charge in [0.2, 0.25) is 5.91 Å². The molecule has 1 N–H and O–H groups in total. The van der Waals surface area contributed by atoms with E-state index in [4.69, 9.17) is 4.74 Å². The van der Waals surface area contributed by atoms with Crippen LogP contribution in [0, 0.1) is 5.92 Å². The lowest BCUT2D eigenvalue weighted by molar-refractivity contribution is -0.116. The number of benzene rings is 1. The number of methoxy groups -OCH3 is 1. The van der Waals surface area contributed by atoms with Gasteiger partial charge >= 0.3 is 0 Å². The summed E-state index contributed by atoms with van der Waals surface area (Å²) in [5.41, 5.74) is 2.57. The number of amides is 2. The Morgan fingerprint density at radius 2 is 2.11 bits per heavy atom. The van der Waals surface area contributed by atoms with Crippen LogP contribution in [0.2, 0.25) is 0 Å². The van der Waals surface area contributed by atoms with Gasteiger partial charge in [-0.2, -0.15) is 0 Å². The number of anilines is 1. The maximum Gasteiger partial charge on any atom is 0.255 e. The third-order valence-corrected chi connectivity index (χ3v) is 6.07. The van der Waals surface area contributed by atoms with E-state index in [2.05, 4.69) is 12.2 Å². The van der Waals surface area contributed by atoms with Gasteiger partial charge in [-0.05, 0) is 49.8 Å². The molecule has 6 heteroatoms. The number of carbonyl (C=O) groups is 2. The van der Waals surface area contributed by atoms with Gasteiger partial charge in [0.25, 0.3) is 5.91 Å². The molecule has 3 rings (SSSR count). The molecule has 5 nitrogen and oxygen atoms in total. The lowest BCUT2D eigenvalue weighted by atomic mass is 9.88. The van der Waals surface area contributed by atoms with Gasteiger partial charge in [0, 0.05) is 16.8 Å². The van der Waals surface area contributed by atoms with E-state index in [0.29, 0.717) is 23.9 Å². The fourth-order valence-electron chi connectivity index (χ4n) is 3.47. The number of hydrogen-bond acceptors (Lipinski definition) is 4. The first-order valence-corrected chi connectivity index (χ1v) is 10.2. The summed E-state index contributed by atoms with van der Waals surface area (Å²) < 4.78 is 5.26. The minimum atomic E-state index is -0.229. The smallest absolute Gasteiger partial charge is 0.255 e. The molecule has 0 fully saturated rings. The molecular formula is C21H26N2O3S.